The minimum absolute atomic E-state index is 0.935. The normalized spacial score (nSPS) is 39.2. The van der Waals surface area contributed by atoms with Crippen LogP contribution in [0.1, 0.15) is 182 Å². The molecule has 0 aliphatic heterocycles. The van der Waals surface area contributed by atoms with Crippen LogP contribution in [0.4, 0.5) is 0 Å². The van der Waals surface area contributed by atoms with E-state index in [-0.39, 0.29) is 0 Å². The van der Waals surface area contributed by atoms with E-state index < -0.39 is 0 Å². The third kappa shape index (κ3) is 7.93. The first-order chi connectivity index (χ1) is 20.7. The monoisotopic (exact) mass is 579 g/mol. The molecule has 0 spiro atoms. The van der Waals surface area contributed by atoms with Gasteiger partial charge in [0.25, 0.3) is 0 Å². The molecule has 0 aromatic heterocycles. The van der Waals surface area contributed by atoms with E-state index in [0.717, 1.165) is 71.0 Å². The Balaban J connectivity index is 1.40. The maximum Gasteiger partial charge on any atom is -0.0319 e. The molecule has 0 bridgehead atoms. The van der Waals surface area contributed by atoms with Crippen molar-refractivity contribution in [2.24, 2.45) is 71.0 Å². The topological polar surface area (TPSA) is 0 Å². The Kier molecular flexibility index (Phi) is 13.3. The lowest BCUT2D eigenvalue weighted by molar-refractivity contribution is -0.119. The second kappa shape index (κ2) is 16.9. The molecule has 0 amide bonds. The van der Waals surface area contributed by atoms with Crippen LogP contribution in [0, 0.1) is 71.0 Å². The average molecular weight is 579 g/mol. The SMILES string of the molecule is CCCCCC(C1CCC(C2CC=CCC2)CC1)C1C2CCCCC2C(C(CCC)CC(C)CCC)C2CCCCC21. The zero-order chi connectivity index (χ0) is 29.3. The largest absolute Gasteiger partial charge is 0.0885 e. The Morgan fingerprint density at radius 1 is 0.571 bits per heavy atom. The molecular weight excluding hydrogens is 504 g/mol. The van der Waals surface area contributed by atoms with Crippen LogP contribution in [0.2, 0.25) is 0 Å². The Bertz CT molecular complexity index is 747. The third-order valence-corrected chi connectivity index (χ3v) is 14.5. The summed E-state index contributed by atoms with van der Waals surface area (Å²) in [6, 6.07) is 0. The van der Waals surface area contributed by atoms with Gasteiger partial charge < -0.3 is 0 Å². The molecule has 0 heteroatoms. The lowest BCUT2D eigenvalue weighted by Gasteiger charge is -2.60. The molecular formula is C42H74. The molecule has 5 aliphatic rings. The van der Waals surface area contributed by atoms with Gasteiger partial charge in [-0.05, 0) is 154 Å². The third-order valence-electron chi connectivity index (χ3n) is 14.5. The predicted molar refractivity (Wildman–Crippen MR) is 185 cm³/mol. The van der Waals surface area contributed by atoms with E-state index in [4.69, 9.17) is 0 Å². The van der Waals surface area contributed by atoms with E-state index >= 15 is 0 Å². The minimum Gasteiger partial charge on any atom is -0.0885 e. The van der Waals surface area contributed by atoms with Crippen molar-refractivity contribution in [2.45, 2.75) is 182 Å². The van der Waals surface area contributed by atoms with E-state index in [9.17, 15) is 0 Å². The highest BCUT2D eigenvalue weighted by atomic mass is 14.6. The summed E-state index contributed by atoms with van der Waals surface area (Å²) in [5.74, 6) is 12.6. The Labute approximate surface area is 264 Å². The van der Waals surface area contributed by atoms with Crippen molar-refractivity contribution in [1.82, 2.24) is 0 Å². The number of hydrogen-bond donors (Lipinski definition) is 0. The maximum absolute atomic E-state index is 2.61. The second-order valence-electron chi connectivity index (χ2n) is 16.9. The fourth-order valence-electron chi connectivity index (χ4n) is 12.9. The van der Waals surface area contributed by atoms with Gasteiger partial charge in [0.1, 0.15) is 0 Å². The van der Waals surface area contributed by atoms with Crippen LogP contribution in [-0.2, 0) is 0 Å². The predicted octanol–water partition coefficient (Wildman–Crippen LogP) is 13.4. The van der Waals surface area contributed by atoms with Crippen LogP contribution in [0.25, 0.3) is 0 Å². The lowest BCUT2D eigenvalue weighted by atomic mass is 9.44. The Morgan fingerprint density at radius 3 is 1.74 bits per heavy atom. The van der Waals surface area contributed by atoms with Crippen LogP contribution in [-0.4, -0.2) is 0 Å². The summed E-state index contributed by atoms with van der Waals surface area (Å²) >= 11 is 0. The Morgan fingerprint density at radius 2 is 1.19 bits per heavy atom. The number of unbranched alkanes of at least 4 members (excludes halogenated alkanes) is 2. The van der Waals surface area contributed by atoms with Crippen molar-refractivity contribution in [2.75, 3.05) is 0 Å². The van der Waals surface area contributed by atoms with Crippen LogP contribution in [0.5, 0.6) is 0 Å². The number of allylic oxidation sites excluding steroid dienone is 2. The van der Waals surface area contributed by atoms with E-state index in [2.05, 4.69) is 39.8 Å². The Hall–Kier alpha value is -0.260. The number of rotatable bonds is 14. The minimum atomic E-state index is 0.935. The smallest absolute Gasteiger partial charge is 0.0319 e. The van der Waals surface area contributed by atoms with Gasteiger partial charge in [0, 0.05) is 0 Å². The van der Waals surface area contributed by atoms with Crippen molar-refractivity contribution in [3.63, 3.8) is 0 Å². The van der Waals surface area contributed by atoms with Crippen molar-refractivity contribution in [1.29, 1.82) is 0 Å². The van der Waals surface area contributed by atoms with Gasteiger partial charge >= 0.3 is 0 Å². The van der Waals surface area contributed by atoms with E-state index in [1.807, 2.05) is 0 Å². The summed E-state index contributed by atoms with van der Waals surface area (Å²) in [4.78, 5) is 0. The summed E-state index contributed by atoms with van der Waals surface area (Å²) in [7, 11) is 0. The molecule has 242 valence electrons. The van der Waals surface area contributed by atoms with Crippen LogP contribution in [0.15, 0.2) is 12.2 Å². The molecule has 8 atom stereocenters. The van der Waals surface area contributed by atoms with Crippen LogP contribution < -0.4 is 0 Å². The first-order valence-corrected chi connectivity index (χ1v) is 20.3. The molecule has 0 saturated heterocycles. The molecule has 5 aliphatic carbocycles. The first-order valence-electron chi connectivity index (χ1n) is 20.3. The molecule has 0 nitrogen and oxygen atoms in total. The summed E-state index contributed by atoms with van der Waals surface area (Å²) in [5, 5.41) is 0. The van der Waals surface area contributed by atoms with Gasteiger partial charge in [-0.2, -0.15) is 0 Å². The van der Waals surface area contributed by atoms with Crippen LogP contribution >= 0.6 is 0 Å². The van der Waals surface area contributed by atoms with E-state index in [1.54, 1.807) is 89.9 Å². The van der Waals surface area contributed by atoms with Crippen molar-refractivity contribution in [3.05, 3.63) is 12.2 Å². The average Bonchev–Trinajstić information content (AvgIpc) is 3.03. The molecule has 0 N–H and O–H groups in total. The highest BCUT2D eigenvalue weighted by Crippen LogP contribution is 2.62. The molecule has 0 aromatic rings. The van der Waals surface area contributed by atoms with Crippen molar-refractivity contribution < 1.29 is 0 Å². The highest BCUT2D eigenvalue weighted by molar-refractivity contribution is 5.04. The molecule has 4 fully saturated rings. The van der Waals surface area contributed by atoms with Gasteiger partial charge in [0.2, 0.25) is 0 Å². The zero-order valence-electron chi connectivity index (χ0n) is 29.1. The molecule has 8 unspecified atom stereocenters. The molecule has 0 radical (unpaired) electrons. The van der Waals surface area contributed by atoms with Crippen LogP contribution in [0.3, 0.4) is 0 Å². The fourth-order valence-corrected chi connectivity index (χ4v) is 12.9. The van der Waals surface area contributed by atoms with Crippen molar-refractivity contribution in [3.8, 4) is 0 Å². The molecule has 4 saturated carbocycles. The van der Waals surface area contributed by atoms with Gasteiger partial charge in [-0.3, -0.25) is 0 Å². The maximum atomic E-state index is 2.61. The van der Waals surface area contributed by atoms with E-state index in [1.165, 1.54) is 64.2 Å². The van der Waals surface area contributed by atoms with E-state index in [0.29, 0.717) is 0 Å². The summed E-state index contributed by atoms with van der Waals surface area (Å²) in [6.07, 6.45) is 41.4. The second-order valence-corrected chi connectivity index (χ2v) is 16.9. The van der Waals surface area contributed by atoms with Gasteiger partial charge in [0.05, 0.1) is 0 Å². The van der Waals surface area contributed by atoms with Gasteiger partial charge in [-0.1, -0.05) is 110 Å². The summed E-state index contributed by atoms with van der Waals surface area (Å²) in [5.41, 5.74) is 0. The number of fused-ring (bicyclic) bond motifs is 2. The molecule has 42 heavy (non-hydrogen) atoms. The zero-order valence-corrected chi connectivity index (χ0v) is 29.1. The molecule has 5 rings (SSSR count). The fraction of sp³-hybridized carbons (Fsp3) is 0.952. The van der Waals surface area contributed by atoms with Gasteiger partial charge in [0.15, 0.2) is 0 Å². The molecule has 0 aromatic carbocycles. The highest BCUT2D eigenvalue weighted by Gasteiger charge is 2.55. The quantitative estimate of drug-likeness (QED) is 0.142. The number of hydrogen-bond acceptors (Lipinski definition) is 0. The summed E-state index contributed by atoms with van der Waals surface area (Å²) < 4.78 is 0. The van der Waals surface area contributed by atoms with Gasteiger partial charge in [-0.25, -0.2) is 0 Å². The van der Waals surface area contributed by atoms with Crippen molar-refractivity contribution >= 4 is 0 Å². The summed E-state index contributed by atoms with van der Waals surface area (Å²) in [6.45, 7) is 9.97. The standard InChI is InChI=1S/C42H74/c1-5-8-10-21-36(34-28-26-33(27-29-34)32-19-11-9-12-20-32)42-39-24-15-13-22-37(39)41(38-23-14-16-25-40(38)42)35(18-7-3)30-31(4)17-6-2/h9,11,31-42H,5-8,10,12-30H2,1-4H3. The van der Waals surface area contributed by atoms with Gasteiger partial charge in [-0.15, -0.1) is 0 Å². The first kappa shape index (κ1) is 33.1. The molecule has 0 heterocycles. The lowest BCUT2D eigenvalue weighted by Crippen LogP contribution is -2.54.